The zero-order valence-corrected chi connectivity index (χ0v) is 22.1. The summed E-state index contributed by atoms with van der Waals surface area (Å²) in [6.07, 6.45) is -5.22. The zero-order valence-electron chi connectivity index (χ0n) is 22.1. The van der Waals surface area contributed by atoms with Crippen molar-refractivity contribution in [3.63, 3.8) is 0 Å². The van der Waals surface area contributed by atoms with E-state index in [-0.39, 0.29) is 40.1 Å². The average Bonchev–Trinajstić information content (AvgIpc) is 2.98. The number of carbonyl (C=O) groups is 1. The van der Waals surface area contributed by atoms with Gasteiger partial charge in [-0.25, -0.2) is 19.7 Å². The Morgan fingerprint density at radius 3 is 2.00 bits per heavy atom. The van der Waals surface area contributed by atoms with E-state index >= 15 is 0 Å². The number of rotatable bonds is 6. The van der Waals surface area contributed by atoms with Crippen molar-refractivity contribution in [2.24, 2.45) is 0 Å². The Morgan fingerprint density at radius 2 is 1.36 bits per heavy atom. The zero-order chi connectivity index (χ0) is 31.5. The second-order valence-corrected chi connectivity index (χ2v) is 9.09. The second kappa shape index (κ2) is 11.9. The van der Waals surface area contributed by atoms with Crippen LogP contribution in [0.4, 0.5) is 48.3 Å². The fraction of sp³-hybridized carbons (Fsp3) is 0.0690. The highest BCUT2D eigenvalue weighted by Gasteiger charge is 2.33. The van der Waals surface area contributed by atoms with Crippen LogP contribution in [0.5, 0.6) is 11.8 Å². The number of nitrogen functional groups attached to an aromatic ring is 1. The molecule has 44 heavy (non-hydrogen) atoms. The number of nitrogens with zero attached hydrogens (tertiary/aromatic N) is 4. The van der Waals surface area contributed by atoms with E-state index in [0.717, 1.165) is 18.3 Å². The molecule has 0 aliphatic carbocycles. The Labute approximate surface area is 244 Å². The van der Waals surface area contributed by atoms with Crippen LogP contribution < -0.4 is 21.1 Å². The van der Waals surface area contributed by atoms with Crippen LogP contribution in [0.1, 0.15) is 11.3 Å². The first-order valence-corrected chi connectivity index (χ1v) is 12.5. The average molecular weight is 612 g/mol. The summed E-state index contributed by atoms with van der Waals surface area (Å²) in [6, 6.07) is 15.0. The number of anilines is 3. The van der Waals surface area contributed by atoms with Gasteiger partial charge in [0.05, 0.1) is 29.3 Å². The molecule has 0 saturated heterocycles. The molecular formula is C29H19F6N7O2. The number of nitrogens with two attached hydrogens (primary N) is 1. The minimum Gasteiger partial charge on any atom is -0.424 e. The van der Waals surface area contributed by atoms with Gasteiger partial charge in [0.2, 0.25) is 0 Å². The highest BCUT2D eigenvalue weighted by molar-refractivity contribution is 6.02. The lowest BCUT2D eigenvalue weighted by Crippen LogP contribution is -2.21. The number of hydrogen-bond donors (Lipinski definition) is 3. The summed E-state index contributed by atoms with van der Waals surface area (Å²) in [5.41, 5.74) is 4.89. The molecule has 9 nitrogen and oxygen atoms in total. The Balaban J connectivity index is 1.26. The maximum atomic E-state index is 13.3. The molecule has 0 aliphatic rings. The van der Waals surface area contributed by atoms with E-state index in [1.165, 1.54) is 36.7 Å². The molecule has 0 fully saturated rings. The van der Waals surface area contributed by atoms with Crippen molar-refractivity contribution in [3.8, 4) is 34.0 Å². The van der Waals surface area contributed by atoms with Crippen molar-refractivity contribution < 1.29 is 35.9 Å². The van der Waals surface area contributed by atoms with Gasteiger partial charge >= 0.3 is 24.4 Å². The molecule has 0 unspecified atom stereocenters. The molecule has 15 heteroatoms. The Morgan fingerprint density at radius 1 is 0.705 bits per heavy atom. The molecule has 0 aliphatic heterocycles. The fourth-order valence-corrected chi connectivity index (χ4v) is 3.95. The summed E-state index contributed by atoms with van der Waals surface area (Å²) in [5.74, 6) is 0.167. The largest absolute Gasteiger partial charge is 0.433 e. The minimum atomic E-state index is -4.73. The van der Waals surface area contributed by atoms with E-state index in [4.69, 9.17) is 10.5 Å². The van der Waals surface area contributed by atoms with Gasteiger partial charge in [-0.15, -0.1) is 0 Å². The highest BCUT2D eigenvalue weighted by atomic mass is 19.4. The number of pyridine rings is 2. The number of urea groups is 1. The molecule has 0 bridgehead atoms. The van der Waals surface area contributed by atoms with Crippen molar-refractivity contribution in [1.29, 1.82) is 0 Å². The van der Waals surface area contributed by atoms with Gasteiger partial charge in [-0.05, 0) is 35.4 Å². The molecule has 5 aromatic rings. The van der Waals surface area contributed by atoms with Crippen molar-refractivity contribution in [1.82, 2.24) is 19.9 Å². The van der Waals surface area contributed by atoms with Crippen LogP contribution in [0.2, 0.25) is 0 Å². The van der Waals surface area contributed by atoms with Crippen LogP contribution in [-0.4, -0.2) is 26.0 Å². The van der Waals surface area contributed by atoms with Crippen LogP contribution in [0, 0.1) is 0 Å². The van der Waals surface area contributed by atoms with Crippen molar-refractivity contribution >= 4 is 23.2 Å². The number of ether oxygens (including phenoxy) is 1. The van der Waals surface area contributed by atoms with Crippen molar-refractivity contribution in [2.75, 3.05) is 16.4 Å². The molecule has 0 radical (unpaired) electrons. The molecule has 3 aromatic heterocycles. The van der Waals surface area contributed by atoms with Crippen LogP contribution in [-0.2, 0) is 12.4 Å². The first-order chi connectivity index (χ1) is 20.9. The van der Waals surface area contributed by atoms with E-state index < -0.39 is 29.6 Å². The molecule has 5 rings (SSSR count). The van der Waals surface area contributed by atoms with Crippen LogP contribution in [0.3, 0.4) is 0 Å². The van der Waals surface area contributed by atoms with Crippen LogP contribution in [0.15, 0.2) is 91.5 Å². The smallest absolute Gasteiger partial charge is 0.424 e. The molecule has 224 valence electrons. The lowest BCUT2D eigenvalue weighted by Gasteiger charge is -2.14. The van der Waals surface area contributed by atoms with Crippen LogP contribution >= 0.6 is 0 Å². The summed E-state index contributed by atoms with van der Waals surface area (Å²) >= 11 is 0. The number of carbonyl (C=O) groups excluding carboxylic acids is 1. The molecule has 2 aromatic carbocycles. The second-order valence-electron chi connectivity index (χ2n) is 9.09. The number of halogens is 6. The lowest BCUT2D eigenvalue weighted by molar-refractivity contribution is -0.141. The summed E-state index contributed by atoms with van der Waals surface area (Å²) in [7, 11) is 0. The summed E-state index contributed by atoms with van der Waals surface area (Å²) < 4.78 is 84.6. The third-order valence-electron chi connectivity index (χ3n) is 6.03. The van der Waals surface area contributed by atoms with Gasteiger partial charge in [-0.2, -0.15) is 26.3 Å². The maximum Gasteiger partial charge on any atom is 0.433 e. The molecule has 2 amide bonds. The van der Waals surface area contributed by atoms with Gasteiger partial charge in [-0.3, -0.25) is 4.98 Å². The van der Waals surface area contributed by atoms with Gasteiger partial charge in [-0.1, -0.05) is 42.5 Å². The van der Waals surface area contributed by atoms with E-state index in [2.05, 4.69) is 30.6 Å². The van der Waals surface area contributed by atoms with Gasteiger partial charge < -0.3 is 21.1 Å². The third kappa shape index (κ3) is 7.00. The summed E-state index contributed by atoms with van der Waals surface area (Å²) in [5, 5.41) is 4.84. The summed E-state index contributed by atoms with van der Waals surface area (Å²) in [6.45, 7) is 0. The number of aromatic nitrogens is 4. The van der Waals surface area contributed by atoms with Crippen molar-refractivity contribution in [3.05, 3.63) is 103 Å². The topological polar surface area (TPSA) is 128 Å². The summed E-state index contributed by atoms with van der Waals surface area (Å²) in [4.78, 5) is 27.7. The van der Waals surface area contributed by atoms with Crippen molar-refractivity contribution in [2.45, 2.75) is 12.4 Å². The Kier molecular flexibility index (Phi) is 8.03. The normalized spacial score (nSPS) is 11.6. The highest BCUT2D eigenvalue weighted by Crippen LogP contribution is 2.36. The van der Waals surface area contributed by atoms with Gasteiger partial charge in [0.1, 0.15) is 17.3 Å². The number of nitrogens with one attached hydrogen (secondary N) is 2. The van der Waals surface area contributed by atoms with E-state index in [9.17, 15) is 31.1 Å². The van der Waals surface area contributed by atoms with Crippen LogP contribution in [0.25, 0.3) is 22.3 Å². The van der Waals surface area contributed by atoms with Gasteiger partial charge in [0.15, 0.2) is 0 Å². The molecular weight excluding hydrogens is 592 g/mol. The SMILES string of the molecule is Nc1ncc(C(F)(F)F)cc1-c1ccc(Oc2ncc(NC(=O)Nc3cc(C(F)(F)F)ncc3-c3ccccc3)cn2)cc1. The number of benzene rings is 2. The van der Waals surface area contributed by atoms with E-state index in [0.29, 0.717) is 17.3 Å². The predicted molar refractivity (Wildman–Crippen MR) is 149 cm³/mol. The number of amides is 2. The van der Waals surface area contributed by atoms with E-state index in [1.54, 1.807) is 30.3 Å². The molecule has 3 heterocycles. The maximum absolute atomic E-state index is 13.3. The Bertz CT molecular complexity index is 1780. The monoisotopic (exact) mass is 611 g/mol. The first kappa shape index (κ1) is 29.8. The fourth-order valence-electron chi connectivity index (χ4n) is 3.95. The predicted octanol–water partition coefficient (Wildman–Crippen LogP) is 7.66. The van der Waals surface area contributed by atoms with Gasteiger partial charge in [0.25, 0.3) is 0 Å². The Hall–Kier alpha value is -5.73. The lowest BCUT2D eigenvalue weighted by atomic mass is 10.0. The first-order valence-electron chi connectivity index (χ1n) is 12.5. The van der Waals surface area contributed by atoms with E-state index in [1.807, 2.05) is 0 Å². The minimum absolute atomic E-state index is 0.0804. The van der Waals surface area contributed by atoms with Gasteiger partial charge in [0, 0.05) is 23.5 Å². The number of hydrogen-bond acceptors (Lipinski definition) is 7. The third-order valence-corrected chi connectivity index (χ3v) is 6.03. The quantitative estimate of drug-likeness (QED) is 0.168. The standard InChI is InChI=1S/C29H19F6N7O2/c30-28(31,32)18-10-21(25(36)38-12-18)17-6-8-20(9-7-17)44-27-39-13-19(14-40-27)41-26(43)42-23-11-24(29(33,34)35)37-15-22(23)16-4-2-1-3-5-16/h1-15H,(H2,36,38)(H2,37,41,42,43). The number of alkyl halides is 6. The molecule has 0 spiro atoms. The molecule has 0 saturated carbocycles. The molecule has 4 N–H and O–H groups in total. The molecule has 0 atom stereocenters.